The maximum absolute atomic E-state index is 10.9. The zero-order chi connectivity index (χ0) is 15.7. The lowest BCUT2D eigenvalue weighted by atomic mass is 10.1. The second-order valence-electron chi connectivity index (χ2n) is 4.75. The molecule has 3 heterocycles. The summed E-state index contributed by atoms with van der Waals surface area (Å²) in [5, 5.41) is 9.59. The van der Waals surface area contributed by atoms with Crippen molar-refractivity contribution in [2.45, 2.75) is 12.8 Å². The van der Waals surface area contributed by atoms with Crippen LogP contribution in [-0.2, 0) is 12.8 Å². The van der Waals surface area contributed by atoms with Crippen molar-refractivity contribution >= 4 is 40.1 Å². The van der Waals surface area contributed by atoms with E-state index >= 15 is 0 Å². The van der Waals surface area contributed by atoms with Crippen LogP contribution in [0.25, 0.3) is 11.0 Å². The SMILES string of the molecule is Nc1nc(N)c2cc(CCc3ccc(C(=O)O)s3)cnc2n1. The second-order valence-corrected chi connectivity index (χ2v) is 5.92. The number of nitrogens with zero attached hydrogens (tertiary/aromatic N) is 3. The van der Waals surface area contributed by atoms with E-state index in [-0.39, 0.29) is 5.95 Å². The summed E-state index contributed by atoms with van der Waals surface area (Å²) in [6.45, 7) is 0. The summed E-state index contributed by atoms with van der Waals surface area (Å²) in [5.74, 6) is -0.489. The molecule has 0 spiro atoms. The first-order chi connectivity index (χ1) is 10.5. The number of carboxylic acid groups (broad SMARTS) is 1. The lowest BCUT2D eigenvalue weighted by Crippen LogP contribution is -2.02. The van der Waals surface area contributed by atoms with Crippen molar-refractivity contribution < 1.29 is 9.90 Å². The van der Waals surface area contributed by atoms with Gasteiger partial charge in [-0.3, -0.25) is 0 Å². The number of carbonyl (C=O) groups is 1. The van der Waals surface area contributed by atoms with Crippen LogP contribution in [0.5, 0.6) is 0 Å². The van der Waals surface area contributed by atoms with Crippen molar-refractivity contribution in [3.8, 4) is 0 Å². The zero-order valence-corrected chi connectivity index (χ0v) is 12.3. The zero-order valence-electron chi connectivity index (χ0n) is 11.5. The minimum Gasteiger partial charge on any atom is -0.477 e. The molecule has 0 atom stereocenters. The van der Waals surface area contributed by atoms with Crippen LogP contribution in [0.15, 0.2) is 24.4 Å². The molecule has 8 heteroatoms. The number of aryl methyl sites for hydroxylation is 2. The fourth-order valence-corrected chi connectivity index (χ4v) is 2.97. The van der Waals surface area contributed by atoms with Crippen LogP contribution < -0.4 is 11.5 Å². The van der Waals surface area contributed by atoms with Gasteiger partial charge >= 0.3 is 5.97 Å². The van der Waals surface area contributed by atoms with Crippen LogP contribution in [-0.4, -0.2) is 26.0 Å². The van der Waals surface area contributed by atoms with E-state index in [4.69, 9.17) is 16.6 Å². The predicted molar refractivity (Wildman–Crippen MR) is 84.8 cm³/mol. The van der Waals surface area contributed by atoms with Gasteiger partial charge in [0.05, 0.1) is 5.39 Å². The number of thiophene rings is 1. The van der Waals surface area contributed by atoms with Crippen LogP contribution in [0.1, 0.15) is 20.1 Å². The summed E-state index contributed by atoms with van der Waals surface area (Å²) in [7, 11) is 0. The van der Waals surface area contributed by atoms with E-state index in [1.54, 1.807) is 12.3 Å². The summed E-state index contributed by atoms with van der Waals surface area (Å²) in [6, 6.07) is 5.35. The highest BCUT2D eigenvalue weighted by atomic mass is 32.1. The molecule has 5 N–H and O–H groups in total. The minimum absolute atomic E-state index is 0.102. The van der Waals surface area contributed by atoms with Crippen molar-refractivity contribution in [3.05, 3.63) is 39.7 Å². The molecule has 7 nitrogen and oxygen atoms in total. The van der Waals surface area contributed by atoms with Gasteiger partial charge in [-0.25, -0.2) is 9.78 Å². The largest absolute Gasteiger partial charge is 0.477 e. The molecular weight excluding hydrogens is 302 g/mol. The molecule has 0 unspecified atom stereocenters. The summed E-state index contributed by atoms with van der Waals surface area (Å²) in [5.41, 5.74) is 12.8. The van der Waals surface area contributed by atoms with Crippen molar-refractivity contribution in [1.29, 1.82) is 0 Å². The molecule has 3 aromatic heterocycles. The lowest BCUT2D eigenvalue weighted by molar-refractivity contribution is 0.0702. The topological polar surface area (TPSA) is 128 Å². The van der Waals surface area contributed by atoms with E-state index in [1.165, 1.54) is 11.3 Å². The lowest BCUT2D eigenvalue weighted by Gasteiger charge is -2.04. The fourth-order valence-electron chi connectivity index (χ4n) is 2.13. The van der Waals surface area contributed by atoms with E-state index < -0.39 is 5.97 Å². The van der Waals surface area contributed by atoms with Gasteiger partial charge in [0, 0.05) is 11.1 Å². The maximum atomic E-state index is 10.9. The molecule has 0 aromatic carbocycles. The molecular formula is C14H13N5O2S. The highest BCUT2D eigenvalue weighted by molar-refractivity contribution is 7.13. The molecule has 0 amide bonds. The molecule has 0 saturated heterocycles. The molecule has 3 aromatic rings. The van der Waals surface area contributed by atoms with Crippen LogP contribution in [0.3, 0.4) is 0 Å². The number of nitrogens with two attached hydrogens (primary N) is 2. The summed E-state index contributed by atoms with van der Waals surface area (Å²) >= 11 is 1.28. The fraction of sp³-hybridized carbons (Fsp3) is 0.143. The molecule has 0 bridgehead atoms. The van der Waals surface area contributed by atoms with E-state index in [9.17, 15) is 4.79 Å². The summed E-state index contributed by atoms with van der Waals surface area (Å²) < 4.78 is 0. The van der Waals surface area contributed by atoms with Gasteiger partial charge in [-0.2, -0.15) is 9.97 Å². The number of rotatable bonds is 4. The molecule has 22 heavy (non-hydrogen) atoms. The monoisotopic (exact) mass is 315 g/mol. The van der Waals surface area contributed by atoms with Gasteiger partial charge < -0.3 is 16.6 Å². The molecule has 0 aliphatic rings. The van der Waals surface area contributed by atoms with Crippen molar-refractivity contribution in [2.24, 2.45) is 0 Å². The van der Waals surface area contributed by atoms with Gasteiger partial charge in [-0.1, -0.05) is 0 Å². The molecule has 3 rings (SSSR count). The Labute approximate surface area is 129 Å². The Morgan fingerprint density at radius 2 is 2.05 bits per heavy atom. The van der Waals surface area contributed by atoms with E-state index in [0.717, 1.165) is 23.3 Å². The third kappa shape index (κ3) is 2.82. The average Bonchev–Trinajstić information content (AvgIpc) is 2.94. The normalized spacial score (nSPS) is 10.9. The number of hydrogen-bond acceptors (Lipinski definition) is 7. The first kappa shape index (κ1) is 14.2. The molecule has 112 valence electrons. The number of fused-ring (bicyclic) bond motifs is 1. The standard InChI is InChI=1S/C14H13N5O2S/c15-11-9-5-7(6-17-12(9)19-14(16)18-11)1-2-8-3-4-10(22-8)13(20)21/h3-6H,1-2H2,(H,20,21)(H4,15,16,17,18,19). The van der Waals surface area contributed by atoms with Crippen LogP contribution in [0.4, 0.5) is 11.8 Å². The molecule has 0 saturated carbocycles. The van der Waals surface area contributed by atoms with E-state index in [2.05, 4.69) is 15.0 Å². The predicted octanol–water partition coefficient (Wildman–Crippen LogP) is 1.73. The minimum atomic E-state index is -0.897. The third-order valence-electron chi connectivity index (χ3n) is 3.19. The van der Waals surface area contributed by atoms with E-state index in [0.29, 0.717) is 21.7 Å². The van der Waals surface area contributed by atoms with Crippen molar-refractivity contribution in [2.75, 3.05) is 11.5 Å². The maximum Gasteiger partial charge on any atom is 0.345 e. The van der Waals surface area contributed by atoms with Gasteiger partial charge in [0.15, 0.2) is 5.65 Å². The Bertz CT molecular complexity index is 862. The highest BCUT2D eigenvalue weighted by Crippen LogP contribution is 2.21. The number of anilines is 2. The summed E-state index contributed by atoms with van der Waals surface area (Å²) in [4.78, 5) is 24.4. The third-order valence-corrected chi connectivity index (χ3v) is 4.32. The van der Waals surface area contributed by atoms with E-state index in [1.807, 2.05) is 12.1 Å². The molecule has 0 fully saturated rings. The highest BCUT2D eigenvalue weighted by Gasteiger charge is 2.09. The number of aromatic nitrogens is 3. The quantitative estimate of drug-likeness (QED) is 0.668. The van der Waals surface area contributed by atoms with Crippen LogP contribution in [0, 0.1) is 0 Å². The van der Waals surface area contributed by atoms with Gasteiger partial charge in [-0.15, -0.1) is 11.3 Å². The Morgan fingerprint density at radius 1 is 1.23 bits per heavy atom. The average molecular weight is 315 g/mol. The number of pyridine rings is 1. The number of nitrogen functional groups attached to an aromatic ring is 2. The number of carboxylic acids is 1. The van der Waals surface area contributed by atoms with Gasteiger partial charge in [0.2, 0.25) is 5.95 Å². The Kier molecular flexibility index (Phi) is 3.60. The Morgan fingerprint density at radius 3 is 2.77 bits per heavy atom. The Hall–Kier alpha value is -2.74. The molecule has 0 radical (unpaired) electrons. The summed E-state index contributed by atoms with van der Waals surface area (Å²) in [6.07, 6.45) is 3.19. The molecule has 0 aliphatic heterocycles. The smallest absolute Gasteiger partial charge is 0.345 e. The Balaban J connectivity index is 1.80. The van der Waals surface area contributed by atoms with Gasteiger partial charge in [0.1, 0.15) is 10.7 Å². The van der Waals surface area contributed by atoms with Crippen LogP contribution in [0.2, 0.25) is 0 Å². The number of hydrogen-bond donors (Lipinski definition) is 3. The number of aromatic carboxylic acids is 1. The van der Waals surface area contributed by atoms with Crippen LogP contribution >= 0.6 is 11.3 Å². The first-order valence-electron chi connectivity index (χ1n) is 6.52. The first-order valence-corrected chi connectivity index (χ1v) is 7.34. The molecule has 0 aliphatic carbocycles. The van der Waals surface area contributed by atoms with Gasteiger partial charge in [-0.05, 0) is 36.6 Å². The van der Waals surface area contributed by atoms with Crippen molar-refractivity contribution in [1.82, 2.24) is 15.0 Å². The van der Waals surface area contributed by atoms with Crippen molar-refractivity contribution in [3.63, 3.8) is 0 Å². The van der Waals surface area contributed by atoms with Gasteiger partial charge in [0.25, 0.3) is 0 Å². The second kappa shape index (κ2) is 5.57.